The molecule has 154 valence electrons. The van der Waals surface area contributed by atoms with Crippen LogP contribution in [0.25, 0.3) is 5.65 Å². The molecule has 0 saturated heterocycles. The van der Waals surface area contributed by atoms with Gasteiger partial charge >= 0.3 is 0 Å². The summed E-state index contributed by atoms with van der Waals surface area (Å²) in [6.45, 7) is 2.16. The first-order valence-electron chi connectivity index (χ1n) is 9.57. The van der Waals surface area contributed by atoms with Gasteiger partial charge in [0.25, 0.3) is 10.0 Å². The molecule has 2 aromatic carbocycles. The number of hydrogen-bond acceptors (Lipinski definition) is 5. The van der Waals surface area contributed by atoms with E-state index in [1.165, 1.54) is 4.31 Å². The summed E-state index contributed by atoms with van der Waals surface area (Å²) < 4.78 is 35.7. The summed E-state index contributed by atoms with van der Waals surface area (Å²) in [4.78, 5) is 0.177. The van der Waals surface area contributed by atoms with E-state index in [0.29, 0.717) is 29.3 Å². The molecule has 0 saturated carbocycles. The average Bonchev–Trinajstić information content (AvgIpc) is 3.20. The topological polar surface area (TPSA) is 76.8 Å². The lowest BCUT2D eigenvalue weighted by atomic mass is 10.2. The first-order valence-corrected chi connectivity index (χ1v) is 11.0. The number of rotatable bonds is 7. The third-order valence-electron chi connectivity index (χ3n) is 4.88. The van der Waals surface area contributed by atoms with E-state index >= 15 is 0 Å². The molecule has 2 aromatic heterocycles. The summed E-state index contributed by atoms with van der Waals surface area (Å²) in [5.74, 6) is 1.37. The van der Waals surface area contributed by atoms with E-state index in [0.717, 1.165) is 5.56 Å². The Hall–Kier alpha value is -3.39. The number of ether oxygens (including phenoxy) is 1. The molecule has 0 aliphatic heterocycles. The molecule has 8 heteroatoms. The Balaban J connectivity index is 1.81. The molecule has 0 spiro atoms. The first kappa shape index (κ1) is 19.9. The molecule has 0 aliphatic rings. The van der Waals surface area contributed by atoms with Crippen molar-refractivity contribution >= 4 is 21.4 Å². The molecule has 0 bridgehead atoms. The number of fused-ring (bicyclic) bond motifs is 1. The molecule has 0 unspecified atom stereocenters. The highest BCUT2D eigenvalue weighted by Crippen LogP contribution is 2.28. The predicted octanol–water partition coefficient (Wildman–Crippen LogP) is 3.70. The second-order valence-electron chi connectivity index (χ2n) is 6.76. The molecule has 0 radical (unpaired) electrons. The molecule has 0 fully saturated rings. The van der Waals surface area contributed by atoms with Crippen molar-refractivity contribution in [3.63, 3.8) is 0 Å². The summed E-state index contributed by atoms with van der Waals surface area (Å²) >= 11 is 0. The number of hydrogen-bond donors (Lipinski definition) is 0. The molecule has 0 amide bonds. The van der Waals surface area contributed by atoms with Crippen LogP contribution in [0.2, 0.25) is 0 Å². The van der Waals surface area contributed by atoms with E-state index in [2.05, 4.69) is 10.2 Å². The lowest BCUT2D eigenvalue weighted by molar-refractivity contribution is 0.415. The molecule has 0 atom stereocenters. The fourth-order valence-electron chi connectivity index (χ4n) is 3.25. The van der Waals surface area contributed by atoms with Gasteiger partial charge in [-0.05, 0) is 42.0 Å². The number of pyridine rings is 1. The van der Waals surface area contributed by atoms with Crippen LogP contribution < -0.4 is 9.04 Å². The highest BCUT2D eigenvalue weighted by molar-refractivity contribution is 7.92. The summed E-state index contributed by atoms with van der Waals surface area (Å²) in [5, 5.41) is 8.21. The highest BCUT2D eigenvalue weighted by Gasteiger charge is 2.26. The Morgan fingerprint density at radius 1 is 0.967 bits per heavy atom. The Morgan fingerprint density at radius 3 is 2.37 bits per heavy atom. The number of aryl methyl sites for hydroxylation is 1. The minimum atomic E-state index is -3.85. The van der Waals surface area contributed by atoms with Crippen molar-refractivity contribution < 1.29 is 13.2 Å². The van der Waals surface area contributed by atoms with Gasteiger partial charge in [-0.2, -0.15) is 0 Å². The van der Waals surface area contributed by atoms with Gasteiger partial charge in [0.1, 0.15) is 16.5 Å². The SMILES string of the molecule is CCc1nnc2ccc(S(=O)(=O)N(Cc3ccccc3)c3ccc(OC)cc3)cn12. The maximum atomic E-state index is 13.7. The van der Waals surface area contributed by atoms with E-state index in [1.807, 2.05) is 37.3 Å². The first-order chi connectivity index (χ1) is 14.5. The standard InChI is InChI=1S/C22H22N4O3S/c1-3-21-23-24-22-14-13-20(16-25(21)22)30(27,28)26(15-17-7-5-4-6-8-17)18-9-11-19(29-2)12-10-18/h4-14,16H,3,15H2,1-2H3. The number of sulfonamides is 1. The van der Waals surface area contributed by atoms with Gasteiger partial charge in [-0.1, -0.05) is 37.3 Å². The molecule has 0 N–H and O–H groups in total. The monoisotopic (exact) mass is 422 g/mol. The van der Waals surface area contributed by atoms with Gasteiger partial charge in [-0.15, -0.1) is 10.2 Å². The Bertz CT molecular complexity index is 1250. The van der Waals surface area contributed by atoms with E-state index in [-0.39, 0.29) is 11.4 Å². The average molecular weight is 423 g/mol. The highest BCUT2D eigenvalue weighted by atomic mass is 32.2. The molecular weight excluding hydrogens is 400 g/mol. The van der Waals surface area contributed by atoms with Gasteiger partial charge in [0.05, 0.1) is 19.3 Å². The van der Waals surface area contributed by atoms with Crippen molar-refractivity contribution in [3.05, 3.63) is 84.3 Å². The van der Waals surface area contributed by atoms with Gasteiger partial charge in [-0.3, -0.25) is 8.71 Å². The number of methoxy groups -OCH3 is 1. The van der Waals surface area contributed by atoms with E-state index in [4.69, 9.17) is 4.74 Å². The van der Waals surface area contributed by atoms with Crippen LogP contribution in [0, 0.1) is 0 Å². The molecule has 4 rings (SSSR count). The van der Waals surface area contributed by atoms with Crippen LogP contribution in [-0.4, -0.2) is 30.1 Å². The zero-order valence-corrected chi connectivity index (χ0v) is 17.6. The third kappa shape index (κ3) is 3.73. The molecule has 0 aliphatic carbocycles. The smallest absolute Gasteiger partial charge is 0.266 e. The molecule has 4 aromatic rings. The fourth-order valence-corrected chi connectivity index (χ4v) is 4.70. The number of nitrogens with zero attached hydrogens (tertiary/aromatic N) is 4. The van der Waals surface area contributed by atoms with Crippen LogP contribution in [0.5, 0.6) is 5.75 Å². The Morgan fingerprint density at radius 2 is 1.70 bits per heavy atom. The number of benzene rings is 2. The van der Waals surface area contributed by atoms with Gasteiger partial charge in [-0.25, -0.2) is 8.42 Å². The number of aromatic nitrogens is 3. The van der Waals surface area contributed by atoms with E-state index < -0.39 is 10.0 Å². The van der Waals surface area contributed by atoms with Crippen molar-refractivity contribution in [2.45, 2.75) is 24.8 Å². The van der Waals surface area contributed by atoms with Crippen LogP contribution in [0.15, 0.2) is 77.8 Å². The van der Waals surface area contributed by atoms with Crippen LogP contribution >= 0.6 is 0 Å². The summed E-state index contributed by atoms with van der Waals surface area (Å²) in [5.41, 5.74) is 2.06. The normalized spacial score (nSPS) is 11.5. The zero-order chi connectivity index (χ0) is 21.1. The van der Waals surface area contributed by atoms with Crippen LogP contribution in [0.4, 0.5) is 5.69 Å². The second kappa shape index (κ2) is 8.16. The van der Waals surface area contributed by atoms with Crippen molar-refractivity contribution in [3.8, 4) is 5.75 Å². The predicted molar refractivity (Wildman–Crippen MR) is 115 cm³/mol. The lowest BCUT2D eigenvalue weighted by Crippen LogP contribution is -2.30. The molecule has 7 nitrogen and oxygen atoms in total. The van der Waals surface area contributed by atoms with Gasteiger partial charge in [0.2, 0.25) is 0 Å². The maximum absolute atomic E-state index is 13.7. The van der Waals surface area contributed by atoms with E-state index in [1.54, 1.807) is 54.1 Å². The minimum absolute atomic E-state index is 0.177. The van der Waals surface area contributed by atoms with Gasteiger partial charge in [0.15, 0.2) is 5.65 Å². The molecule has 30 heavy (non-hydrogen) atoms. The third-order valence-corrected chi connectivity index (χ3v) is 6.64. The summed E-state index contributed by atoms with van der Waals surface area (Å²) in [6.07, 6.45) is 2.24. The minimum Gasteiger partial charge on any atom is -0.497 e. The molecular formula is C22H22N4O3S. The molecule has 2 heterocycles. The van der Waals surface area contributed by atoms with Gasteiger partial charge < -0.3 is 4.74 Å². The van der Waals surface area contributed by atoms with Crippen molar-refractivity contribution in [2.75, 3.05) is 11.4 Å². The van der Waals surface area contributed by atoms with E-state index in [9.17, 15) is 8.42 Å². The van der Waals surface area contributed by atoms with Crippen molar-refractivity contribution in [1.29, 1.82) is 0 Å². The quantitative estimate of drug-likeness (QED) is 0.454. The van der Waals surface area contributed by atoms with Crippen LogP contribution in [0.3, 0.4) is 0 Å². The van der Waals surface area contributed by atoms with Gasteiger partial charge in [0, 0.05) is 12.6 Å². The van der Waals surface area contributed by atoms with Crippen molar-refractivity contribution in [2.24, 2.45) is 0 Å². The number of anilines is 1. The largest absolute Gasteiger partial charge is 0.497 e. The Kier molecular flexibility index (Phi) is 5.41. The Labute approximate surface area is 175 Å². The zero-order valence-electron chi connectivity index (χ0n) is 16.8. The summed E-state index contributed by atoms with van der Waals surface area (Å²) in [6, 6.07) is 19.7. The fraction of sp³-hybridized carbons (Fsp3) is 0.182. The van der Waals surface area contributed by atoms with Crippen molar-refractivity contribution in [1.82, 2.24) is 14.6 Å². The van der Waals surface area contributed by atoms with Crippen LogP contribution in [-0.2, 0) is 23.0 Å². The lowest BCUT2D eigenvalue weighted by Gasteiger charge is -2.25. The summed E-state index contributed by atoms with van der Waals surface area (Å²) in [7, 11) is -2.27. The van der Waals surface area contributed by atoms with Crippen LogP contribution in [0.1, 0.15) is 18.3 Å². The second-order valence-corrected chi connectivity index (χ2v) is 8.62. The maximum Gasteiger partial charge on any atom is 0.266 e.